The highest BCUT2D eigenvalue weighted by Crippen LogP contribution is 2.37. The van der Waals surface area contributed by atoms with Crippen molar-refractivity contribution in [3.05, 3.63) is 62.1 Å². The number of unbranched alkanes of at least 4 members (excludes halogenated alkanes) is 5. The molecule has 0 radical (unpaired) electrons. The molecule has 1 saturated heterocycles. The number of carbonyl (C=O) groups excluding carboxylic acids is 3. The summed E-state index contributed by atoms with van der Waals surface area (Å²) in [6.45, 7) is 2.70. The maximum atomic E-state index is 13.1. The van der Waals surface area contributed by atoms with E-state index in [9.17, 15) is 24.5 Å². The number of nitro benzene ring substituents is 1. The second kappa shape index (κ2) is 13.0. The normalized spacial score (nSPS) is 14.6. The van der Waals surface area contributed by atoms with Crippen molar-refractivity contribution in [1.29, 1.82) is 0 Å². The lowest BCUT2D eigenvalue weighted by atomic mass is 10.1. The molecule has 0 bridgehead atoms. The minimum Gasteiger partial charge on any atom is -0.493 e. The van der Waals surface area contributed by atoms with Crippen LogP contribution < -0.4 is 19.7 Å². The Morgan fingerprint density at radius 2 is 1.73 bits per heavy atom. The topological polar surface area (TPSA) is 128 Å². The third-order valence-corrected chi connectivity index (χ3v) is 6.32. The molecule has 4 amide bonds. The number of nitro groups is 1. The van der Waals surface area contributed by atoms with Crippen LogP contribution >= 0.6 is 15.9 Å². The van der Waals surface area contributed by atoms with Crippen LogP contribution in [0.4, 0.5) is 16.2 Å². The van der Waals surface area contributed by atoms with Gasteiger partial charge in [-0.1, -0.05) is 39.0 Å². The molecule has 196 valence electrons. The van der Waals surface area contributed by atoms with Crippen molar-refractivity contribution in [2.45, 2.75) is 45.4 Å². The number of rotatable bonds is 12. The monoisotopic (exact) mass is 573 g/mol. The molecule has 0 atom stereocenters. The lowest BCUT2D eigenvalue weighted by molar-refractivity contribution is -0.384. The Balaban J connectivity index is 1.80. The molecular weight excluding hydrogens is 546 g/mol. The quantitative estimate of drug-likeness (QED) is 0.112. The van der Waals surface area contributed by atoms with Gasteiger partial charge < -0.3 is 9.47 Å². The number of carbonyl (C=O) groups is 3. The van der Waals surface area contributed by atoms with Gasteiger partial charge >= 0.3 is 6.03 Å². The van der Waals surface area contributed by atoms with E-state index >= 15 is 0 Å². The first-order valence-electron chi connectivity index (χ1n) is 11.9. The minimum atomic E-state index is -0.946. The van der Waals surface area contributed by atoms with Gasteiger partial charge in [-0.2, -0.15) is 0 Å². The molecule has 0 saturated carbocycles. The number of nitrogens with zero attached hydrogens (tertiary/aromatic N) is 2. The van der Waals surface area contributed by atoms with E-state index in [-0.39, 0.29) is 16.9 Å². The van der Waals surface area contributed by atoms with Gasteiger partial charge in [0.2, 0.25) is 0 Å². The zero-order valence-electron chi connectivity index (χ0n) is 20.6. The number of halogens is 1. The first-order chi connectivity index (χ1) is 17.8. The average Bonchev–Trinajstić information content (AvgIpc) is 2.87. The predicted molar refractivity (Wildman–Crippen MR) is 142 cm³/mol. The number of hydrogen-bond acceptors (Lipinski definition) is 7. The van der Waals surface area contributed by atoms with Gasteiger partial charge in [0.05, 0.1) is 28.8 Å². The average molecular weight is 574 g/mol. The van der Waals surface area contributed by atoms with E-state index in [1.54, 1.807) is 12.1 Å². The van der Waals surface area contributed by atoms with Crippen LogP contribution in [0.2, 0.25) is 0 Å². The van der Waals surface area contributed by atoms with Crippen LogP contribution in [0.15, 0.2) is 46.4 Å². The first kappa shape index (κ1) is 27.9. The summed E-state index contributed by atoms with van der Waals surface area (Å²) in [4.78, 5) is 49.1. The van der Waals surface area contributed by atoms with E-state index in [0.717, 1.165) is 24.2 Å². The molecule has 2 aromatic carbocycles. The number of imide groups is 2. The van der Waals surface area contributed by atoms with E-state index < -0.39 is 22.8 Å². The Labute approximate surface area is 222 Å². The van der Waals surface area contributed by atoms with Gasteiger partial charge in [-0.05, 0) is 58.3 Å². The molecular formula is C26H28BrN3O7. The number of amides is 4. The van der Waals surface area contributed by atoms with Crippen LogP contribution in [-0.4, -0.2) is 36.5 Å². The van der Waals surface area contributed by atoms with Crippen LogP contribution in [0.3, 0.4) is 0 Å². The minimum absolute atomic E-state index is 0.0868. The maximum Gasteiger partial charge on any atom is 0.335 e. The second-order valence-electron chi connectivity index (χ2n) is 8.38. The largest absolute Gasteiger partial charge is 0.493 e. The van der Waals surface area contributed by atoms with Crippen LogP contribution in [0.25, 0.3) is 6.08 Å². The highest BCUT2D eigenvalue weighted by molar-refractivity contribution is 9.10. The number of urea groups is 1. The van der Waals surface area contributed by atoms with Crippen molar-refractivity contribution in [1.82, 2.24) is 5.32 Å². The van der Waals surface area contributed by atoms with Gasteiger partial charge in [0, 0.05) is 12.1 Å². The predicted octanol–water partition coefficient (Wildman–Crippen LogP) is 5.77. The summed E-state index contributed by atoms with van der Waals surface area (Å²) in [5.74, 6) is -0.785. The van der Waals surface area contributed by atoms with Crippen molar-refractivity contribution in [3.63, 3.8) is 0 Å². The third kappa shape index (κ3) is 6.94. The molecule has 11 heteroatoms. The lowest BCUT2D eigenvalue weighted by Crippen LogP contribution is -2.54. The molecule has 10 nitrogen and oxygen atoms in total. The molecule has 0 spiro atoms. The number of benzene rings is 2. The van der Waals surface area contributed by atoms with Crippen molar-refractivity contribution >= 4 is 51.2 Å². The fraction of sp³-hybridized carbons (Fsp3) is 0.346. The molecule has 0 aliphatic carbocycles. The van der Waals surface area contributed by atoms with E-state index in [0.29, 0.717) is 28.1 Å². The summed E-state index contributed by atoms with van der Waals surface area (Å²) in [5, 5.41) is 13.0. The molecule has 0 aromatic heterocycles. The molecule has 3 rings (SSSR count). The first-order valence-corrected chi connectivity index (χ1v) is 12.7. The SMILES string of the molecule is CCCCCCCCOc1c(Br)cc(/C=C2/C(=O)NC(=O)N(c3ccc([N+](=O)[O-])cc3)C2=O)cc1OC. The Bertz CT molecular complexity index is 1210. The summed E-state index contributed by atoms with van der Waals surface area (Å²) in [7, 11) is 1.49. The number of non-ortho nitro benzene ring substituents is 1. The van der Waals surface area contributed by atoms with E-state index in [1.165, 1.54) is 56.7 Å². The standard InChI is InChI=1S/C26H28BrN3O7/c1-3-4-5-6-7-8-13-37-23-21(27)15-17(16-22(23)36-2)14-20-24(31)28-26(33)29(25(20)32)18-9-11-19(12-10-18)30(34)35/h9-12,14-16H,3-8,13H2,1-2H3,(H,28,31,33)/b20-14-. The fourth-order valence-corrected chi connectivity index (χ4v) is 4.38. The van der Waals surface area contributed by atoms with Gasteiger partial charge in [-0.15, -0.1) is 0 Å². The smallest absolute Gasteiger partial charge is 0.335 e. The van der Waals surface area contributed by atoms with Gasteiger partial charge in [0.15, 0.2) is 11.5 Å². The Hall–Kier alpha value is -3.73. The van der Waals surface area contributed by atoms with Crippen molar-refractivity contribution in [3.8, 4) is 11.5 Å². The highest BCUT2D eigenvalue weighted by Gasteiger charge is 2.37. The van der Waals surface area contributed by atoms with Crippen molar-refractivity contribution in [2.24, 2.45) is 0 Å². The van der Waals surface area contributed by atoms with Crippen LogP contribution in [0.1, 0.15) is 51.0 Å². The summed E-state index contributed by atoms with van der Waals surface area (Å²) < 4.78 is 12.0. The van der Waals surface area contributed by atoms with Gasteiger partial charge in [0.1, 0.15) is 5.57 Å². The number of hydrogen-bond donors (Lipinski definition) is 1. The number of barbiturate groups is 1. The molecule has 0 unspecified atom stereocenters. The molecule has 1 aliphatic heterocycles. The van der Waals surface area contributed by atoms with Crippen molar-refractivity contribution < 1.29 is 28.8 Å². The summed E-state index contributed by atoms with van der Waals surface area (Å²) in [6, 6.07) is 7.22. The Morgan fingerprint density at radius 1 is 1.05 bits per heavy atom. The number of anilines is 1. The van der Waals surface area contributed by atoms with Gasteiger partial charge in [0.25, 0.3) is 17.5 Å². The zero-order chi connectivity index (χ0) is 26.9. The second-order valence-corrected chi connectivity index (χ2v) is 9.24. The molecule has 1 heterocycles. The number of ether oxygens (including phenoxy) is 2. The fourth-order valence-electron chi connectivity index (χ4n) is 3.80. The maximum absolute atomic E-state index is 13.1. The van der Waals surface area contributed by atoms with E-state index in [2.05, 4.69) is 28.2 Å². The summed E-state index contributed by atoms with van der Waals surface area (Å²) in [6.07, 6.45) is 8.13. The van der Waals surface area contributed by atoms with Crippen LogP contribution in [-0.2, 0) is 9.59 Å². The van der Waals surface area contributed by atoms with Gasteiger partial charge in [-0.3, -0.25) is 25.0 Å². The highest BCUT2D eigenvalue weighted by atomic mass is 79.9. The Kier molecular flexibility index (Phi) is 9.78. The molecule has 2 aromatic rings. The molecule has 1 fully saturated rings. The summed E-state index contributed by atoms with van der Waals surface area (Å²) in [5.41, 5.74) is 0.0692. The van der Waals surface area contributed by atoms with Crippen LogP contribution in [0, 0.1) is 10.1 Å². The molecule has 1 N–H and O–H groups in total. The zero-order valence-corrected chi connectivity index (χ0v) is 22.2. The molecule has 37 heavy (non-hydrogen) atoms. The van der Waals surface area contributed by atoms with Gasteiger partial charge in [-0.25, -0.2) is 9.69 Å². The van der Waals surface area contributed by atoms with E-state index in [1.807, 2.05) is 0 Å². The molecule has 1 aliphatic rings. The Morgan fingerprint density at radius 3 is 2.38 bits per heavy atom. The third-order valence-electron chi connectivity index (χ3n) is 5.73. The van der Waals surface area contributed by atoms with Crippen LogP contribution in [0.5, 0.6) is 11.5 Å². The lowest BCUT2D eigenvalue weighted by Gasteiger charge is -2.26. The number of nitrogens with one attached hydrogen (secondary N) is 1. The van der Waals surface area contributed by atoms with Crippen molar-refractivity contribution in [2.75, 3.05) is 18.6 Å². The van der Waals surface area contributed by atoms with E-state index in [4.69, 9.17) is 9.47 Å². The summed E-state index contributed by atoms with van der Waals surface area (Å²) >= 11 is 3.47. The number of methoxy groups -OCH3 is 1.